The molecule has 4 rings (SSSR count). The van der Waals surface area contributed by atoms with Gasteiger partial charge in [0.15, 0.2) is 0 Å². The number of benzene rings is 2. The van der Waals surface area contributed by atoms with Gasteiger partial charge in [-0.1, -0.05) is 30.3 Å². The van der Waals surface area contributed by atoms with Crippen LogP contribution >= 0.6 is 0 Å². The minimum absolute atomic E-state index is 0.419. The molecule has 0 radical (unpaired) electrons. The van der Waals surface area contributed by atoms with Crippen LogP contribution in [-0.2, 0) is 6.54 Å². The Bertz CT molecular complexity index is 684. The number of hydrogen-bond donors (Lipinski definition) is 1. The molecule has 0 aromatic heterocycles. The second kappa shape index (κ2) is 5.56. The SMILES string of the molecule is COc1ccc(CN2CC3CCC(N)C3C2)c2ccccc12. The van der Waals surface area contributed by atoms with Gasteiger partial charge in [-0.25, -0.2) is 0 Å². The zero-order valence-corrected chi connectivity index (χ0v) is 13.2. The average Bonchev–Trinajstić information content (AvgIpc) is 3.10. The van der Waals surface area contributed by atoms with Gasteiger partial charge in [-0.05, 0) is 41.7 Å². The molecule has 22 heavy (non-hydrogen) atoms. The van der Waals surface area contributed by atoms with E-state index in [0.717, 1.165) is 24.8 Å². The molecule has 2 N–H and O–H groups in total. The van der Waals surface area contributed by atoms with Crippen LogP contribution in [0.4, 0.5) is 0 Å². The van der Waals surface area contributed by atoms with E-state index in [0.29, 0.717) is 12.0 Å². The van der Waals surface area contributed by atoms with Gasteiger partial charge >= 0.3 is 0 Å². The van der Waals surface area contributed by atoms with Crippen LogP contribution in [0.5, 0.6) is 5.75 Å². The number of ether oxygens (including phenoxy) is 1. The van der Waals surface area contributed by atoms with Gasteiger partial charge in [-0.15, -0.1) is 0 Å². The number of methoxy groups -OCH3 is 1. The summed E-state index contributed by atoms with van der Waals surface area (Å²) in [4.78, 5) is 2.59. The molecule has 2 aromatic carbocycles. The number of hydrogen-bond acceptors (Lipinski definition) is 3. The second-order valence-corrected chi connectivity index (χ2v) is 6.83. The quantitative estimate of drug-likeness (QED) is 0.946. The van der Waals surface area contributed by atoms with E-state index in [2.05, 4.69) is 41.3 Å². The van der Waals surface area contributed by atoms with E-state index < -0.39 is 0 Å². The molecular weight excluding hydrogens is 272 g/mol. The highest BCUT2D eigenvalue weighted by Crippen LogP contribution is 2.38. The van der Waals surface area contributed by atoms with Gasteiger partial charge in [-0.3, -0.25) is 4.90 Å². The Morgan fingerprint density at radius 1 is 1.09 bits per heavy atom. The molecule has 3 heteroatoms. The molecule has 1 saturated heterocycles. The van der Waals surface area contributed by atoms with E-state index in [1.165, 1.54) is 35.7 Å². The highest BCUT2D eigenvalue weighted by Gasteiger charge is 2.40. The summed E-state index contributed by atoms with van der Waals surface area (Å²) in [5, 5.41) is 2.52. The smallest absolute Gasteiger partial charge is 0.126 e. The van der Waals surface area contributed by atoms with Crippen molar-refractivity contribution in [3.8, 4) is 5.75 Å². The highest BCUT2D eigenvalue weighted by atomic mass is 16.5. The Morgan fingerprint density at radius 3 is 2.68 bits per heavy atom. The fourth-order valence-electron chi connectivity index (χ4n) is 4.42. The average molecular weight is 296 g/mol. The first-order valence-electron chi connectivity index (χ1n) is 8.29. The van der Waals surface area contributed by atoms with Crippen LogP contribution in [-0.4, -0.2) is 31.1 Å². The molecule has 2 aromatic rings. The van der Waals surface area contributed by atoms with Gasteiger partial charge in [0.25, 0.3) is 0 Å². The van der Waals surface area contributed by atoms with Gasteiger partial charge in [0.05, 0.1) is 7.11 Å². The number of nitrogens with two attached hydrogens (primary N) is 1. The van der Waals surface area contributed by atoms with Crippen LogP contribution in [0.3, 0.4) is 0 Å². The molecule has 1 aliphatic heterocycles. The number of nitrogens with zero attached hydrogens (tertiary/aromatic N) is 1. The largest absolute Gasteiger partial charge is 0.496 e. The summed E-state index contributed by atoms with van der Waals surface area (Å²) in [5.74, 6) is 2.49. The zero-order chi connectivity index (χ0) is 15.1. The molecule has 0 bridgehead atoms. The monoisotopic (exact) mass is 296 g/mol. The lowest BCUT2D eigenvalue weighted by Crippen LogP contribution is -2.30. The zero-order valence-electron chi connectivity index (χ0n) is 13.2. The molecule has 0 amide bonds. The third kappa shape index (κ3) is 2.29. The van der Waals surface area contributed by atoms with E-state index in [1.807, 2.05) is 0 Å². The van der Waals surface area contributed by atoms with E-state index in [9.17, 15) is 0 Å². The molecule has 0 spiro atoms. The summed E-state index contributed by atoms with van der Waals surface area (Å²) < 4.78 is 5.50. The molecule has 116 valence electrons. The summed E-state index contributed by atoms with van der Waals surface area (Å²) in [6, 6.07) is 13.3. The topological polar surface area (TPSA) is 38.5 Å². The fourth-order valence-corrected chi connectivity index (χ4v) is 4.42. The number of rotatable bonds is 3. The second-order valence-electron chi connectivity index (χ2n) is 6.83. The Balaban J connectivity index is 1.60. The normalized spacial score (nSPS) is 28.2. The third-order valence-electron chi connectivity index (χ3n) is 5.58. The van der Waals surface area contributed by atoms with Crippen LogP contribution in [0.15, 0.2) is 36.4 Å². The van der Waals surface area contributed by atoms with Crippen molar-refractivity contribution in [2.45, 2.75) is 25.4 Å². The van der Waals surface area contributed by atoms with Gasteiger partial charge < -0.3 is 10.5 Å². The lowest BCUT2D eigenvalue weighted by atomic mass is 9.98. The molecule has 1 heterocycles. The van der Waals surface area contributed by atoms with Crippen LogP contribution in [0.1, 0.15) is 18.4 Å². The minimum Gasteiger partial charge on any atom is -0.496 e. The summed E-state index contributed by atoms with van der Waals surface area (Å²) in [6.45, 7) is 3.38. The Morgan fingerprint density at radius 2 is 1.91 bits per heavy atom. The van der Waals surface area contributed by atoms with Crippen molar-refractivity contribution in [2.24, 2.45) is 17.6 Å². The van der Waals surface area contributed by atoms with Crippen molar-refractivity contribution in [1.29, 1.82) is 0 Å². The summed E-state index contributed by atoms with van der Waals surface area (Å²) in [6.07, 6.45) is 2.53. The first-order chi connectivity index (χ1) is 10.8. The van der Waals surface area contributed by atoms with Gasteiger partial charge in [0.2, 0.25) is 0 Å². The fraction of sp³-hybridized carbons (Fsp3) is 0.474. The lowest BCUT2D eigenvalue weighted by molar-refractivity contribution is 0.299. The van der Waals surface area contributed by atoms with Gasteiger partial charge in [0, 0.05) is 31.1 Å². The first-order valence-corrected chi connectivity index (χ1v) is 8.29. The van der Waals surface area contributed by atoms with Crippen molar-refractivity contribution in [3.63, 3.8) is 0 Å². The standard InChI is InChI=1S/C19H24N2O/c1-22-19-9-7-13(15-4-2-3-5-16(15)19)10-21-11-14-6-8-18(20)17(14)12-21/h2-5,7,9,14,17-18H,6,8,10-12,20H2,1H3. The van der Waals surface area contributed by atoms with E-state index >= 15 is 0 Å². The summed E-state index contributed by atoms with van der Waals surface area (Å²) in [5.41, 5.74) is 7.65. The van der Waals surface area contributed by atoms with Crippen molar-refractivity contribution in [3.05, 3.63) is 42.0 Å². The van der Waals surface area contributed by atoms with Gasteiger partial charge in [-0.2, -0.15) is 0 Å². The highest BCUT2D eigenvalue weighted by molar-refractivity contribution is 5.91. The summed E-state index contributed by atoms with van der Waals surface area (Å²) in [7, 11) is 1.74. The number of fused-ring (bicyclic) bond motifs is 2. The Labute approximate surface area is 132 Å². The maximum absolute atomic E-state index is 6.26. The molecule has 2 fully saturated rings. The molecular formula is C19H24N2O. The Hall–Kier alpha value is -1.58. The van der Waals surface area contributed by atoms with E-state index in [4.69, 9.17) is 10.5 Å². The molecule has 2 aliphatic rings. The third-order valence-corrected chi connectivity index (χ3v) is 5.58. The molecule has 3 unspecified atom stereocenters. The lowest BCUT2D eigenvalue weighted by Gasteiger charge is -2.20. The summed E-state index contributed by atoms with van der Waals surface area (Å²) >= 11 is 0. The van der Waals surface area contributed by atoms with Crippen LogP contribution in [0, 0.1) is 11.8 Å². The minimum atomic E-state index is 0.419. The van der Waals surface area contributed by atoms with Crippen molar-refractivity contribution in [2.75, 3.05) is 20.2 Å². The van der Waals surface area contributed by atoms with Crippen LogP contribution < -0.4 is 10.5 Å². The maximum atomic E-state index is 6.26. The van der Waals surface area contributed by atoms with Crippen molar-refractivity contribution >= 4 is 10.8 Å². The Kier molecular flexibility index (Phi) is 3.55. The van der Waals surface area contributed by atoms with Crippen molar-refractivity contribution < 1.29 is 4.74 Å². The van der Waals surface area contributed by atoms with Crippen molar-refractivity contribution in [1.82, 2.24) is 4.90 Å². The first kappa shape index (κ1) is 14.0. The molecule has 1 aliphatic carbocycles. The predicted octanol–water partition coefficient (Wildman–Crippen LogP) is 3.02. The molecule has 3 atom stereocenters. The molecule has 3 nitrogen and oxygen atoms in total. The van der Waals surface area contributed by atoms with E-state index in [1.54, 1.807) is 7.11 Å². The predicted molar refractivity (Wildman–Crippen MR) is 90.0 cm³/mol. The van der Waals surface area contributed by atoms with Gasteiger partial charge in [0.1, 0.15) is 5.75 Å². The van der Waals surface area contributed by atoms with Crippen LogP contribution in [0.25, 0.3) is 10.8 Å². The number of likely N-dealkylation sites (tertiary alicyclic amines) is 1. The maximum Gasteiger partial charge on any atom is 0.126 e. The van der Waals surface area contributed by atoms with E-state index in [-0.39, 0.29) is 0 Å². The van der Waals surface area contributed by atoms with Crippen LogP contribution in [0.2, 0.25) is 0 Å². The molecule has 1 saturated carbocycles.